The Bertz CT molecular complexity index is 495. The van der Waals surface area contributed by atoms with Crippen molar-refractivity contribution in [2.24, 2.45) is 0 Å². The first kappa shape index (κ1) is 15.2. The van der Waals surface area contributed by atoms with Gasteiger partial charge in [-0.1, -0.05) is 30.7 Å². The summed E-state index contributed by atoms with van der Waals surface area (Å²) in [6.07, 6.45) is 1.91. The van der Waals surface area contributed by atoms with Crippen molar-refractivity contribution in [1.29, 1.82) is 0 Å². The van der Waals surface area contributed by atoms with E-state index in [2.05, 4.69) is 37.4 Å². The van der Waals surface area contributed by atoms with Gasteiger partial charge in [-0.15, -0.1) is 0 Å². The average molecular weight is 269 g/mol. The SMILES string of the molecule is CCNC(CCS(C)(=O)=O)c1cc(C)ccc1C. The molecule has 0 bridgehead atoms. The van der Waals surface area contributed by atoms with Gasteiger partial charge >= 0.3 is 0 Å². The second-order valence-corrected chi connectivity index (χ2v) is 7.15. The second-order valence-electron chi connectivity index (χ2n) is 4.89. The number of hydrogen-bond donors (Lipinski definition) is 1. The van der Waals surface area contributed by atoms with Gasteiger partial charge in [0, 0.05) is 12.3 Å². The van der Waals surface area contributed by atoms with E-state index in [-0.39, 0.29) is 11.8 Å². The maximum Gasteiger partial charge on any atom is 0.147 e. The topological polar surface area (TPSA) is 46.2 Å². The molecule has 0 aliphatic rings. The molecule has 0 spiro atoms. The normalized spacial score (nSPS) is 13.6. The molecule has 0 fully saturated rings. The van der Waals surface area contributed by atoms with Crippen LogP contribution in [0.2, 0.25) is 0 Å². The van der Waals surface area contributed by atoms with E-state index in [9.17, 15) is 8.42 Å². The van der Waals surface area contributed by atoms with Gasteiger partial charge in [0.25, 0.3) is 0 Å². The molecule has 0 radical (unpaired) electrons. The number of hydrogen-bond acceptors (Lipinski definition) is 3. The molecule has 1 atom stereocenters. The lowest BCUT2D eigenvalue weighted by Crippen LogP contribution is -2.24. The summed E-state index contributed by atoms with van der Waals surface area (Å²) in [7, 11) is -2.91. The molecule has 1 aromatic rings. The summed E-state index contributed by atoms with van der Waals surface area (Å²) in [5.41, 5.74) is 3.62. The Labute approximate surface area is 111 Å². The summed E-state index contributed by atoms with van der Waals surface area (Å²) in [5.74, 6) is 0.220. The molecule has 0 aliphatic carbocycles. The van der Waals surface area contributed by atoms with Crippen molar-refractivity contribution in [2.75, 3.05) is 18.6 Å². The van der Waals surface area contributed by atoms with E-state index in [4.69, 9.17) is 0 Å². The van der Waals surface area contributed by atoms with Crippen LogP contribution in [0.5, 0.6) is 0 Å². The van der Waals surface area contributed by atoms with Crippen LogP contribution < -0.4 is 5.32 Å². The molecular weight excluding hydrogens is 246 g/mol. The van der Waals surface area contributed by atoms with Gasteiger partial charge in [0.1, 0.15) is 9.84 Å². The van der Waals surface area contributed by atoms with Crippen molar-refractivity contribution < 1.29 is 8.42 Å². The number of benzene rings is 1. The van der Waals surface area contributed by atoms with E-state index in [0.29, 0.717) is 6.42 Å². The van der Waals surface area contributed by atoms with Gasteiger partial charge in [0.15, 0.2) is 0 Å². The van der Waals surface area contributed by atoms with Gasteiger partial charge in [-0.25, -0.2) is 8.42 Å². The van der Waals surface area contributed by atoms with Crippen LogP contribution in [0, 0.1) is 13.8 Å². The second kappa shape index (κ2) is 6.34. The van der Waals surface area contributed by atoms with Crippen molar-refractivity contribution in [2.45, 2.75) is 33.2 Å². The smallest absolute Gasteiger partial charge is 0.147 e. The fourth-order valence-electron chi connectivity index (χ4n) is 2.08. The van der Waals surface area contributed by atoms with Gasteiger partial charge in [0.05, 0.1) is 5.75 Å². The minimum atomic E-state index is -2.91. The number of sulfone groups is 1. The lowest BCUT2D eigenvalue weighted by molar-refractivity contribution is 0.527. The molecule has 0 aliphatic heterocycles. The highest BCUT2D eigenvalue weighted by Crippen LogP contribution is 2.22. The third-order valence-corrected chi connectivity index (χ3v) is 4.02. The molecule has 1 rings (SSSR count). The fraction of sp³-hybridized carbons (Fsp3) is 0.571. The average Bonchev–Trinajstić information content (AvgIpc) is 2.26. The van der Waals surface area contributed by atoms with Crippen LogP contribution >= 0.6 is 0 Å². The van der Waals surface area contributed by atoms with Gasteiger partial charge in [-0.2, -0.15) is 0 Å². The van der Waals surface area contributed by atoms with Crippen molar-refractivity contribution >= 4 is 9.84 Å². The van der Waals surface area contributed by atoms with Crippen molar-refractivity contribution in [3.8, 4) is 0 Å². The quantitative estimate of drug-likeness (QED) is 0.862. The first-order chi connectivity index (χ1) is 8.33. The predicted molar refractivity (Wildman–Crippen MR) is 76.7 cm³/mol. The van der Waals surface area contributed by atoms with Gasteiger partial charge < -0.3 is 5.32 Å². The van der Waals surface area contributed by atoms with Crippen molar-refractivity contribution in [3.05, 3.63) is 34.9 Å². The summed E-state index contributed by atoms with van der Waals surface area (Å²) in [5, 5.41) is 3.38. The molecule has 0 heterocycles. The standard InChI is InChI=1S/C14H23NO2S/c1-5-15-14(8-9-18(4,16)17)13-10-11(2)6-7-12(13)3/h6-7,10,14-15H,5,8-9H2,1-4H3. The molecule has 1 N–H and O–H groups in total. The molecule has 1 aromatic carbocycles. The molecule has 0 amide bonds. The third-order valence-electron chi connectivity index (χ3n) is 3.04. The molecule has 3 nitrogen and oxygen atoms in total. The zero-order valence-corrected chi connectivity index (χ0v) is 12.5. The minimum Gasteiger partial charge on any atom is -0.310 e. The highest BCUT2D eigenvalue weighted by Gasteiger charge is 2.15. The van der Waals surface area contributed by atoms with Crippen LogP contribution in [0.25, 0.3) is 0 Å². The summed E-state index contributed by atoms with van der Waals surface area (Å²) >= 11 is 0. The summed E-state index contributed by atoms with van der Waals surface area (Å²) in [6.45, 7) is 7.00. The summed E-state index contributed by atoms with van der Waals surface area (Å²) in [4.78, 5) is 0. The zero-order valence-electron chi connectivity index (χ0n) is 11.7. The highest BCUT2D eigenvalue weighted by molar-refractivity contribution is 7.90. The Morgan fingerprint density at radius 1 is 1.28 bits per heavy atom. The van der Waals surface area contributed by atoms with E-state index in [1.807, 2.05) is 6.92 Å². The van der Waals surface area contributed by atoms with Crippen LogP contribution in [-0.4, -0.2) is 27.0 Å². The fourth-order valence-corrected chi connectivity index (χ4v) is 2.75. The summed E-state index contributed by atoms with van der Waals surface area (Å²) in [6, 6.07) is 6.43. The first-order valence-electron chi connectivity index (χ1n) is 6.31. The maximum atomic E-state index is 11.3. The van der Waals surface area contributed by atoms with Gasteiger partial charge in [-0.3, -0.25) is 0 Å². The lowest BCUT2D eigenvalue weighted by Gasteiger charge is -2.20. The summed E-state index contributed by atoms with van der Waals surface area (Å²) < 4.78 is 22.6. The Morgan fingerprint density at radius 2 is 1.94 bits per heavy atom. The van der Waals surface area contributed by atoms with Crippen LogP contribution in [-0.2, 0) is 9.84 Å². The van der Waals surface area contributed by atoms with Crippen molar-refractivity contribution in [1.82, 2.24) is 5.32 Å². The molecule has 1 unspecified atom stereocenters. The predicted octanol–water partition coefficient (Wildman–Crippen LogP) is 2.39. The maximum absolute atomic E-state index is 11.3. The number of nitrogens with one attached hydrogen (secondary N) is 1. The Balaban J connectivity index is 2.93. The van der Waals surface area contributed by atoms with Crippen LogP contribution in [0.4, 0.5) is 0 Å². The third kappa shape index (κ3) is 4.78. The van der Waals surface area contributed by atoms with Gasteiger partial charge in [0.2, 0.25) is 0 Å². The Kier molecular flexibility index (Phi) is 5.35. The Morgan fingerprint density at radius 3 is 2.50 bits per heavy atom. The highest BCUT2D eigenvalue weighted by atomic mass is 32.2. The largest absolute Gasteiger partial charge is 0.310 e. The van der Waals surface area contributed by atoms with E-state index in [0.717, 1.165) is 6.54 Å². The lowest BCUT2D eigenvalue weighted by atomic mass is 9.97. The van der Waals surface area contributed by atoms with E-state index in [1.165, 1.54) is 22.9 Å². The van der Waals surface area contributed by atoms with E-state index < -0.39 is 9.84 Å². The molecule has 0 saturated heterocycles. The Hall–Kier alpha value is -0.870. The zero-order chi connectivity index (χ0) is 13.8. The molecule has 102 valence electrons. The van der Waals surface area contributed by atoms with Crippen LogP contribution in [0.3, 0.4) is 0 Å². The molecule has 0 aromatic heterocycles. The molecule has 18 heavy (non-hydrogen) atoms. The van der Waals surface area contributed by atoms with Gasteiger partial charge in [-0.05, 0) is 37.9 Å². The monoisotopic (exact) mass is 269 g/mol. The molecular formula is C14H23NO2S. The first-order valence-corrected chi connectivity index (χ1v) is 8.38. The van der Waals surface area contributed by atoms with Crippen molar-refractivity contribution in [3.63, 3.8) is 0 Å². The molecule has 0 saturated carbocycles. The number of rotatable bonds is 6. The molecule has 4 heteroatoms. The minimum absolute atomic E-state index is 0.115. The van der Waals surface area contributed by atoms with Crippen LogP contribution in [0.15, 0.2) is 18.2 Å². The van der Waals surface area contributed by atoms with E-state index >= 15 is 0 Å². The van der Waals surface area contributed by atoms with Crippen LogP contribution in [0.1, 0.15) is 36.1 Å². The van der Waals surface area contributed by atoms with E-state index in [1.54, 1.807) is 0 Å². The number of aryl methyl sites for hydroxylation is 2.